The monoisotopic (exact) mass is 311 g/mol. The van der Waals surface area contributed by atoms with Gasteiger partial charge in [0.15, 0.2) is 5.76 Å². The van der Waals surface area contributed by atoms with Gasteiger partial charge in [-0.2, -0.15) is 0 Å². The number of rotatable bonds is 4. The number of Topliss-reactive ketones (excluding diaryl/α,β-unsaturated/α-hetero) is 1. The highest BCUT2D eigenvalue weighted by atomic mass is 79.9. The molecule has 0 radical (unpaired) electrons. The SMILES string of the molecule is NCc1ccc(C(=O)Cc2ccc(Br)cc2F)o1. The number of hydrogen-bond acceptors (Lipinski definition) is 3. The van der Waals surface area contributed by atoms with Gasteiger partial charge in [0.2, 0.25) is 5.78 Å². The van der Waals surface area contributed by atoms with E-state index < -0.39 is 5.82 Å². The second-order valence-corrected chi connectivity index (χ2v) is 4.72. The average Bonchev–Trinajstić information content (AvgIpc) is 2.81. The molecule has 0 bridgehead atoms. The quantitative estimate of drug-likeness (QED) is 0.883. The Bertz CT molecular complexity index is 580. The maximum Gasteiger partial charge on any atom is 0.202 e. The van der Waals surface area contributed by atoms with Crippen molar-refractivity contribution in [2.45, 2.75) is 13.0 Å². The van der Waals surface area contributed by atoms with Crippen LogP contribution in [0.1, 0.15) is 21.9 Å². The third kappa shape index (κ3) is 2.86. The molecule has 5 heteroatoms. The number of carbonyl (C=O) groups is 1. The predicted octanol–water partition coefficient (Wildman–Crippen LogP) is 3.07. The molecule has 0 amide bonds. The molecule has 2 N–H and O–H groups in total. The van der Waals surface area contributed by atoms with Gasteiger partial charge in [0.1, 0.15) is 11.6 Å². The number of halogens is 2. The Morgan fingerprint density at radius 1 is 1.33 bits per heavy atom. The Kier molecular flexibility index (Phi) is 3.93. The summed E-state index contributed by atoms with van der Waals surface area (Å²) >= 11 is 3.16. The van der Waals surface area contributed by atoms with Gasteiger partial charge >= 0.3 is 0 Å². The molecule has 0 spiro atoms. The number of furan rings is 1. The fourth-order valence-corrected chi connectivity index (χ4v) is 1.90. The summed E-state index contributed by atoms with van der Waals surface area (Å²) in [5, 5.41) is 0. The van der Waals surface area contributed by atoms with Crippen LogP contribution in [0.2, 0.25) is 0 Å². The lowest BCUT2D eigenvalue weighted by Gasteiger charge is -2.01. The van der Waals surface area contributed by atoms with Crippen molar-refractivity contribution in [3.8, 4) is 0 Å². The van der Waals surface area contributed by atoms with Gasteiger partial charge in [0, 0.05) is 10.9 Å². The highest BCUT2D eigenvalue weighted by Gasteiger charge is 2.14. The maximum atomic E-state index is 13.6. The molecule has 3 nitrogen and oxygen atoms in total. The van der Waals surface area contributed by atoms with Crippen LogP contribution in [0.3, 0.4) is 0 Å². The first-order valence-corrected chi connectivity index (χ1v) is 6.15. The number of carbonyl (C=O) groups excluding carboxylic acids is 1. The zero-order valence-corrected chi connectivity index (χ0v) is 11.0. The van der Waals surface area contributed by atoms with E-state index in [1.165, 1.54) is 6.07 Å². The highest BCUT2D eigenvalue weighted by molar-refractivity contribution is 9.10. The van der Waals surface area contributed by atoms with Crippen LogP contribution < -0.4 is 5.73 Å². The van der Waals surface area contributed by atoms with E-state index >= 15 is 0 Å². The van der Waals surface area contributed by atoms with Crippen molar-refractivity contribution in [3.05, 3.63) is 57.7 Å². The Balaban J connectivity index is 2.16. The summed E-state index contributed by atoms with van der Waals surface area (Å²) in [5.74, 6) is 0.0617. The smallest absolute Gasteiger partial charge is 0.202 e. The van der Waals surface area contributed by atoms with Crippen molar-refractivity contribution in [2.75, 3.05) is 0 Å². The van der Waals surface area contributed by atoms with Crippen LogP contribution >= 0.6 is 15.9 Å². The maximum absolute atomic E-state index is 13.6. The van der Waals surface area contributed by atoms with Crippen molar-refractivity contribution in [1.29, 1.82) is 0 Å². The second kappa shape index (κ2) is 5.46. The van der Waals surface area contributed by atoms with Crippen LogP contribution in [-0.4, -0.2) is 5.78 Å². The molecule has 1 heterocycles. The minimum Gasteiger partial charge on any atom is -0.457 e. The average molecular weight is 312 g/mol. The summed E-state index contributed by atoms with van der Waals surface area (Å²) in [4.78, 5) is 11.9. The molecule has 0 saturated carbocycles. The summed E-state index contributed by atoms with van der Waals surface area (Å²) < 4.78 is 19.4. The molecule has 0 saturated heterocycles. The highest BCUT2D eigenvalue weighted by Crippen LogP contribution is 2.18. The fourth-order valence-electron chi connectivity index (χ4n) is 1.56. The third-order valence-electron chi connectivity index (χ3n) is 2.50. The van der Waals surface area contributed by atoms with Crippen molar-refractivity contribution in [3.63, 3.8) is 0 Å². The summed E-state index contributed by atoms with van der Waals surface area (Å²) in [6.45, 7) is 0.236. The van der Waals surface area contributed by atoms with Crippen LogP contribution in [-0.2, 0) is 13.0 Å². The summed E-state index contributed by atoms with van der Waals surface area (Å²) in [5.41, 5.74) is 5.73. The zero-order valence-electron chi connectivity index (χ0n) is 9.45. The summed E-state index contributed by atoms with van der Waals surface area (Å²) in [6.07, 6.45) is -0.0311. The van der Waals surface area contributed by atoms with E-state index in [9.17, 15) is 9.18 Å². The van der Waals surface area contributed by atoms with Gasteiger partial charge in [-0.1, -0.05) is 22.0 Å². The van der Waals surface area contributed by atoms with E-state index in [1.54, 1.807) is 24.3 Å². The van der Waals surface area contributed by atoms with Gasteiger partial charge in [-0.15, -0.1) is 0 Å². The lowest BCUT2D eigenvalue weighted by atomic mass is 10.1. The van der Waals surface area contributed by atoms with Crippen LogP contribution in [0.15, 0.2) is 39.2 Å². The first kappa shape index (κ1) is 13.0. The first-order valence-electron chi connectivity index (χ1n) is 5.36. The third-order valence-corrected chi connectivity index (χ3v) is 3.00. The van der Waals surface area contributed by atoms with E-state index in [4.69, 9.17) is 10.2 Å². The summed E-state index contributed by atoms with van der Waals surface area (Å²) in [6, 6.07) is 7.80. The molecule has 0 unspecified atom stereocenters. The Hall–Kier alpha value is -1.46. The lowest BCUT2D eigenvalue weighted by molar-refractivity contribution is 0.0963. The largest absolute Gasteiger partial charge is 0.457 e. The molecule has 94 valence electrons. The number of nitrogens with two attached hydrogens (primary N) is 1. The molecule has 1 aromatic heterocycles. The van der Waals surface area contributed by atoms with Crippen LogP contribution in [0, 0.1) is 5.82 Å². The van der Waals surface area contributed by atoms with Gasteiger partial charge in [0.25, 0.3) is 0 Å². The van der Waals surface area contributed by atoms with Crippen molar-refractivity contribution >= 4 is 21.7 Å². The lowest BCUT2D eigenvalue weighted by Crippen LogP contribution is -2.04. The molecule has 0 aliphatic heterocycles. The van der Waals surface area contributed by atoms with Crippen LogP contribution in [0.5, 0.6) is 0 Å². The molecule has 0 aliphatic rings. The number of hydrogen-bond donors (Lipinski definition) is 1. The molecular weight excluding hydrogens is 301 g/mol. The van der Waals surface area contributed by atoms with E-state index in [1.807, 2.05) is 0 Å². The van der Waals surface area contributed by atoms with Gasteiger partial charge in [-0.05, 0) is 29.8 Å². The molecule has 18 heavy (non-hydrogen) atoms. The minimum absolute atomic E-state index is 0.0311. The van der Waals surface area contributed by atoms with Gasteiger partial charge in [0.05, 0.1) is 6.54 Å². The zero-order chi connectivity index (χ0) is 13.1. The molecule has 0 aliphatic carbocycles. The van der Waals surface area contributed by atoms with Gasteiger partial charge < -0.3 is 10.2 Å². The van der Waals surface area contributed by atoms with Crippen molar-refractivity contribution < 1.29 is 13.6 Å². The first-order chi connectivity index (χ1) is 8.60. The molecule has 0 atom stereocenters. The second-order valence-electron chi connectivity index (χ2n) is 3.81. The topological polar surface area (TPSA) is 56.2 Å². The molecule has 0 fully saturated rings. The van der Waals surface area contributed by atoms with E-state index in [0.29, 0.717) is 15.8 Å². The minimum atomic E-state index is -0.414. The number of ketones is 1. The van der Waals surface area contributed by atoms with E-state index in [2.05, 4.69) is 15.9 Å². The van der Waals surface area contributed by atoms with Crippen LogP contribution in [0.25, 0.3) is 0 Å². The predicted molar refractivity (Wildman–Crippen MR) is 68.7 cm³/mol. The van der Waals surface area contributed by atoms with Crippen molar-refractivity contribution in [2.24, 2.45) is 5.73 Å². The standard InChI is InChI=1S/C13H11BrFNO2/c14-9-2-1-8(11(15)6-9)5-12(17)13-4-3-10(7-16)18-13/h1-4,6H,5,7,16H2. The van der Waals surface area contributed by atoms with Gasteiger partial charge in [-0.3, -0.25) is 4.79 Å². The van der Waals surface area contributed by atoms with E-state index in [-0.39, 0.29) is 24.5 Å². The molecule has 2 rings (SSSR count). The van der Waals surface area contributed by atoms with E-state index in [0.717, 1.165) is 0 Å². The van der Waals surface area contributed by atoms with Gasteiger partial charge in [-0.25, -0.2) is 4.39 Å². The Labute approximate surface area is 112 Å². The van der Waals surface area contributed by atoms with Crippen LogP contribution in [0.4, 0.5) is 4.39 Å². The number of benzene rings is 1. The Morgan fingerprint density at radius 2 is 2.11 bits per heavy atom. The molecule has 2 aromatic rings. The normalized spacial score (nSPS) is 10.6. The fraction of sp³-hybridized carbons (Fsp3) is 0.154. The Morgan fingerprint density at radius 3 is 2.72 bits per heavy atom. The molecular formula is C13H11BrFNO2. The summed E-state index contributed by atoms with van der Waals surface area (Å²) in [7, 11) is 0. The van der Waals surface area contributed by atoms with Crippen molar-refractivity contribution in [1.82, 2.24) is 0 Å². The molecule has 1 aromatic carbocycles.